The second kappa shape index (κ2) is 12.0. The van der Waals surface area contributed by atoms with Crippen LogP contribution in [-0.4, -0.2) is 12.1 Å². The summed E-state index contributed by atoms with van der Waals surface area (Å²) in [5.74, 6) is 4.40. The first-order chi connectivity index (χ1) is 21.3. The molecule has 8 heteroatoms. The Balaban J connectivity index is 1.04. The number of rotatable bonds is 7. The van der Waals surface area contributed by atoms with Gasteiger partial charge in [0.25, 0.3) is 0 Å². The molecule has 0 aromatic heterocycles. The summed E-state index contributed by atoms with van der Waals surface area (Å²) in [6, 6.07) is 9.87. The molecule has 4 saturated carbocycles. The van der Waals surface area contributed by atoms with E-state index in [1.807, 2.05) is 12.1 Å². The molecule has 2 unspecified atom stereocenters. The van der Waals surface area contributed by atoms with Gasteiger partial charge in [0, 0.05) is 12.1 Å². The average Bonchev–Trinajstić information content (AvgIpc) is 3.34. The molecular formula is C37H49F3N2O3. The van der Waals surface area contributed by atoms with Crippen LogP contribution >= 0.6 is 0 Å². The van der Waals surface area contributed by atoms with Crippen molar-refractivity contribution in [3.05, 3.63) is 48.0 Å². The lowest BCUT2D eigenvalue weighted by Gasteiger charge is -2.61. The van der Waals surface area contributed by atoms with Crippen molar-refractivity contribution in [3.63, 3.8) is 0 Å². The van der Waals surface area contributed by atoms with Crippen LogP contribution < -0.4 is 20.9 Å². The Morgan fingerprint density at radius 3 is 2.36 bits per heavy atom. The first-order valence-corrected chi connectivity index (χ1v) is 17.0. The lowest BCUT2D eigenvalue weighted by molar-refractivity contribution is -0.137. The van der Waals surface area contributed by atoms with Gasteiger partial charge in [0.05, 0.1) is 17.4 Å². The normalized spacial score (nSPS) is 35.1. The number of ether oxygens (including phenoxy) is 2. The van der Waals surface area contributed by atoms with Gasteiger partial charge in [-0.3, -0.25) is 4.79 Å². The van der Waals surface area contributed by atoms with E-state index < -0.39 is 11.7 Å². The minimum atomic E-state index is -4.41. The van der Waals surface area contributed by atoms with Crippen LogP contribution in [-0.2, 0) is 11.0 Å². The molecule has 4 aliphatic carbocycles. The van der Waals surface area contributed by atoms with Gasteiger partial charge in [0.1, 0.15) is 11.5 Å². The smallest absolute Gasteiger partial charge is 0.416 e. The van der Waals surface area contributed by atoms with Crippen LogP contribution in [0.1, 0.15) is 97.0 Å². The first kappa shape index (κ1) is 32.1. The summed E-state index contributed by atoms with van der Waals surface area (Å²) in [5, 5.41) is 0. The van der Waals surface area contributed by atoms with Crippen LogP contribution in [0.2, 0.25) is 0 Å². The maximum absolute atomic E-state index is 12.9. The molecule has 0 saturated heterocycles. The van der Waals surface area contributed by atoms with Gasteiger partial charge in [-0.2, -0.15) is 13.2 Å². The van der Waals surface area contributed by atoms with Crippen molar-refractivity contribution in [2.75, 3.05) is 11.5 Å². The van der Waals surface area contributed by atoms with E-state index in [4.69, 9.17) is 20.9 Å². The number of halogens is 3. The summed E-state index contributed by atoms with van der Waals surface area (Å²) in [5.41, 5.74) is 13.2. The Hall–Kier alpha value is -2.90. The molecule has 0 amide bonds. The molecule has 0 bridgehead atoms. The molecular weight excluding hydrogens is 577 g/mol. The predicted molar refractivity (Wildman–Crippen MR) is 170 cm³/mol. The molecule has 246 valence electrons. The summed E-state index contributed by atoms with van der Waals surface area (Å²) >= 11 is 0. The zero-order valence-corrected chi connectivity index (χ0v) is 26.9. The summed E-state index contributed by atoms with van der Waals surface area (Å²) in [7, 11) is 0. The number of carbonyl (C=O) groups excluding carboxylic acids is 1. The van der Waals surface area contributed by atoms with E-state index in [0.717, 1.165) is 54.9 Å². The van der Waals surface area contributed by atoms with Crippen molar-refractivity contribution in [2.45, 2.75) is 104 Å². The fourth-order valence-electron chi connectivity index (χ4n) is 10.6. The molecule has 6 rings (SSSR count). The minimum Gasteiger partial charge on any atom is -0.488 e. The number of hydrogen-bond acceptors (Lipinski definition) is 5. The highest BCUT2D eigenvalue weighted by Crippen LogP contribution is 2.68. The number of hydrogen-bond donors (Lipinski definition) is 2. The Kier molecular flexibility index (Phi) is 8.57. The Bertz CT molecular complexity index is 1380. The highest BCUT2D eigenvalue weighted by molar-refractivity contribution is 5.72. The van der Waals surface area contributed by atoms with Crippen LogP contribution in [0.3, 0.4) is 0 Å². The zero-order chi connectivity index (χ0) is 32.1. The minimum absolute atomic E-state index is 0.158. The third-order valence-corrected chi connectivity index (χ3v) is 12.9. The summed E-state index contributed by atoms with van der Waals surface area (Å²) in [6.45, 7) is 7.38. The van der Waals surface area contributed by atoms with Crippen LogP contribution in [0.25, 0.3) is 0 Å². The quantitative estimate of drug-likeness (QED) is 0.182. The SMILES string of the molecule is C[C@H](CCC(=O)Oc1ccc(C(F)(F)F)cc1)[C@H]1CC[C@H]2[C@@H]3CCC4CC(Oc5ccc(N)cc5N)CC[C@]4(C)[C@H]3CC[C@]12C. The average molecular weight is 627 g/mol. The van der Waals surface area contributed by atoms with E-state index in [2.05, 4.69) is 20.8 Å². The fourth-order valence-corrected chi connectivity index (χ4v) is 10.6. The molecule has 4 fully saturated rings. The van der Waals surface area contributed by atoms with Gasteiger partial charge in [-0.1, -0.05) is 20.8 Å². The molecule has 0 heterocycles. The van der Waals surface area contributed by atoms with E-state index in [1.165, 1.54) is 57.1 Å². The van der Waals surface area contributed by atoms with Gasteiger partial charge in [0.15, 0.2) is 0 Å². The molecule has 2 aromatic rings. The summed E-state index contributed by atoms with van der Waals surface area (Å²) < 4.78 is 50.4. The van der Waals surface area contributed by atoms with Crippen molar-refractivity contribution in [2.24, 2.45) is 46.3 Å². The van der Waals surface area contributed by atoms with Crippen molar-refractivity contribution in [3.8, 4) is 11.5 Å². The Labute approximate surface area is 265 Å². The standard InChI is InChI=1S/C37H49F3N2O3/c1-22(4-15-34(43)45-26-9-5-23(6-10-26)37(38,39)40)29-12-13-30-28-11-7-24-20-27(44-33-14-8-25(41)21-32(33)42)16-18-35(24,2)31(28)17-19-36(29,30)3/h5-6,8-10,14,21-22,24,27-31H,4,7,11-13,15-20,41-42H2,1-3H3/t22-,24?,27?,28+,29-,30+,31+,35+,36-/m1/s1. The predicted octanol–water partition coefficient (Wildman–Crippen LogP) is 9.30. The van der Waals surface area contributed by atoms with Gasteiger partial charge < -0.3 is 20.9 Å². The number of alkyl halides is 3. The number of nitrogen functional groups attached to an aromatic ring is 2. The highest BCUT2D eigenvalue weighted by Gasteiger charge is 2.60. The van der Waals surface area contributed by atoms with Crippen LogP contribution in [0.15, 0.2) is 42.5 Å². The van der Waals surface area contributed by atoms with Gasteiger partial charge >= 0.3 is 12.1 Å². The van der Waals surface area contributed by atoms with Crippen LogP contribution in [0, 0.1) is 46.3 Å². The van der Waals surface area contributed by atoms with Gasteiger partial charge in [-0.15, -0.1) is 0 Å². The number of fused-ring (bicyclic) bond motifs is 5. The first-order valence-electron chi connectivity index (χ1n) is 17.0. The number of anilines is 2. The van der Waals surface area contributed by atoms with Gasteiger partial charge in [-0.05, 0) is 153 Å². The van der Waals surface area contributed by atoms with Crippen LogP contribution in [0.5, 0.6) is 11.5 Å². The van der Waals surface area contributed by atoms with Crippen molar-refractivity contribution in [1.82, 2.24) is 0 Å². The van der Waals surface area contributed by atoms with E-state index in [0.29, 0.717) is 34.5 Å². The largest absolute Gasteiger partial charge is 0.488 e. The Morgan fingerprint density at radius 2 is 1.64 bits per heavy atom. The monoisotopic (exact) mass is 626 g/mol. The van der Waals surface area contributed by atoms with Crippen molar-refractivity contribution in [1.29, 1.82) is 0 Å². The van der Waals surface area contributed by atoms with Crippen molar-refractivity contribution >= 4 is 17.3 Å². The summed E-state index contributed by atoms with van der Waals surface area (Å²) in [6.07, 6.45) is 7.70. The molecule has 4 N–H and O–H groups in total. The molecule has 5 nitrogen and oxygen atoms in total. The lowest BCUT2D eigenvalue weighted by Crippen LogP contribution is -2.54. The number of carbonyl (C=O) groups is 1. The molecule has 0 aliphatic heterocycles. The Morgan fingerprint density at radius 1 is 0.933 bits per heavy atom. The zero-order valence-electron chi connectivity index (χ0n) is 26.9. The maximum atomic E-state index is 12.9. The number of benzene rings is 2. The number of nitrogens with two attached hydrogens (primary N) is 2. The number of esters is 1. The third-order valence-electron chi connectivity index (χ3n) is 12.9. The molecule has 9 atom stereocenters. The molecule has 4 aliphatic rings. The van der Waals surface area contributed by atoms with E-state index in [1.54, 1.807) is 6.07 Å². The van der Waals surface area contributed by atoms with Gasteiger partial charge in [0.2, 0.25) is 0 Å². The lowest BCUT2D eigenvalue weighted by atomic mass is 9.44. The maximum Gasteiger partial charge on any atom is 0.416 e. The molecule has 0 spiro atoms. The van der Waals surface area contributed by atoms with E-state index >= 15 is 0 Å². The van der Waals surface area contributed by atoms with Gasteiger partial charge in [-0.25, -0.2) is 0 Å². The topological polar surface area (TPSA) is 87.6 Å². The highest BCUT2D eigenvalue weighted by atomic mass is 19.4. The fraction of sp³-hybridized carbons (Fsp3) is 0.649. The van der Waals surface area contributed by atoms with Crippen molar-refractivity contribution < 1.29 is 27.4 Å². The second-order valence-electron chi connectivity index (χ2n) is 15.2. The third kappa shape index (κ3) is 6.15. The summed E-state index contributed by atoms with van der Waals surface area (Å²) in [4.78, 5) is 12.6. The molecule has 2 aromatic carbocycles. The second-order valence-corrected chi connectivity index (χ2v) is 15.2. The van der Waals surface area contributed by atoms with E-state index in [9.17, 15) is 18.0 Å². The molecule has 45 heavy (non-hydrogen) atoms. The van der Waals surface area contributed by atoms with E-state index in [-0.39, 0.29) is 29.7 Å². The molecule has 0 radical (unpaired) electrons. The van der Waals surface area contributed by atoms with Crippen LogP contribution in [0.4, 0.5) is 24.5 Å².